The summed E-state index contributed by atoms with van der Waals surface area (Å²) in [6.07, 6.45) is 3.40. The molecule has 3 aromatic rings. The molecule has 1 aliphatic rings. The highest BCUT2D eigenvalue weighted by molar-refractivity contribution is 7.15. The minimum Gasteiger partial charge on any atom is -0.316 e. The fourth-order valence-corrected chi connectivity index (χ4v) is 5.01. The lowest BCUT2D eigenvalue weighted by Crippen LogP contribution is -2.32. The first kappa shape index (κ1) is 20.9. The van der Waals surface area contributed by atoms with Crippen LogP contribution in [0.5, 0.6) is 0 Å². The van der Waals surface area contributed by atoms with Crippen LogP contribution >= 0.6 is 11.3 Å². The molecule has 1 aliphatic heterocycles. The lowest BCUT2D eigenvalue weighted by molar-refractivity contribution is 0.186. The largest absolute Gasteiger partial charge is 0.316 e. The summed E-state index contributed by atoms with van der Waals surface area (Å²) in [5.74, 6) is 2.51. The molecular formula is C24H31N5S. The maximum absolute atomic E-state index is 4.81. The van der Waals surface area contributed by atoms with Gasteiger partial charge in [-0.1, -0.05) is 37.3 Å². The number of likely N-dealkylation sites (tertiary alicyclic amines) is 1. The van der Waals surface area contributed by atoms with Crippen LogP contribution in [0.15, 0.2) is 30.3 Å². The third-order valence-corrected chi connectivity index (χ3v) is 6.97. The predicted octanol–water partition coefficient (Wildman–Crippen LogP) is 5.42. The van der Waals surface area contributed by atoms with Crippen molar-refractivity contribution < 1.29 is 0 Å². The highest BCUT2D eigenvalue weighted by Crippen LogP contribution is 2.30. The maximum atomic E-state index is 4.81. The molecule has 0 atom stereocenters. The molecule has 30 heavy (non-hydrogen) atoms. The van der Waals surface area contributed by atoms with Gasteiger partial charge >= 0.3 is 0 Å². The summed E-state index contributed by atoms with van der Waals surface area (Å²) in [4.78, 5) is 18.0. The van der Waals surface area contributed by atoms with Crippen LogP contribution in [0.25, 0.3) is 0 Å². The van der Waals surface area contributed by atoms with Gasteiger partial charge in [-0.25, -0.2) is 15.0 Å². The van der Waals surface area contributed by atoms with Crippen molar-refractivity contribution in [3.8, 4) is 0 Å². The van der Waals surface area contributed by atoms with E-state index in [1.807, 2.05) is 13.0 Å². The van der Waals surface area contributed by atoms with E-state index in [2.05, 4.69) is 60.2 Å². The molecule has 158 valence electrons. The lowest BCUT2D eigenvalue weighted by Gasteiger charge is -2.29. The van der Waals surface area contributed by atoms with Crippen molar-refractivity contribution in [2.75, 3.05) is 18.4 Å². The van der Waals surface area contributed by atoms with Crippen molar-refractivity contribution in [2.45, 2.75) is 53.5 Å². The fraction of sp³-hybridized carbons (Fsp3) is 0.458. The van der Waals surface area contributed by atoms with Crippen molar-refractivity contribution in [1.82, 2.24) is 19.9 Å². The second-order valence-electron chi connectivity index (χ2n) is 8.46. The molecule has 1 saturated heterocycles. The van der Waals surface area contributed by atoms with Gasteiger partial charge in [0.1, 0.15) is 11.6 Å². The van der Waals surface area contributed by atoms with Crippen molar-refractivity contribution >= 4 is 22.3 Å². The quantitative estimate of drug-likeness (QED) is 0.575. The van der Waals surface area contributed by atoms with Crippen LogP contribution in [0.1, 0.15) is 53.0 Å². The molecular weight excluding hydrogens is 390 g/mol. The van der Waals surface area contributed by atoms with Gasteiger partial charge in [-0.3, -0.25) is 4.90 Å². The molecule has 0 spiro atoms. The Kier molecular flexibility index (Phi) is 6.44. The summed E-state index contributed by atoms with van der Waals surface area (Å²) >= 11 is 1.75. The average molecular weight is 422 g/mol. The van der Waals surface area contributed by atoms with E-state index < -0.39 is 0 Å². The Morgan fingerprint density at radius 2 is 1.73 bits per heavy atom. The van der Waals surface area contributed by atoms with Crippen molar-refractivity contribution in [3.63, 3.8) is 0 Å². The van der Waals surface area contributed by atoms with Crippen LogP contribution in [0.4, 0.5) is 10.9 Å². The highest BCUT2D eigenvalue weighted by atomic mass is 32.1. The molecule has 1 N–H and O–H groups in total. The zero-order chi connectivity index (χ0) is 21.1. The predicted molar refractivity (Wildman–Crippen MR) is 125 cm³/mol. The molecule has 0 amide bonds. The number of benzene rings is 1. The number of piperidine rings is 1. The van der Waals surface area contributed by atoms with E-state index in [0.29, 0.717) is 0 Å². The Morgan fingerprint density at radius 1 is 1.00 bits per heavy atom. The van der Waals surface area contributed by atoms with Gasteiger partial charge in [0.15, 0.2) is 5.13 Å². The smallest absolute Gasteiger partial charge is 0.188 e. The van der Waals surface area contributed by atoms with Crippen LogP contribution in [-0.2, 0) is 13.0 Å². The van der Waals surface area contributed by atoms with Crippen molar-refractivity contribution in [3.05, 3.63) is 63.5 Å². The number of rotatable bonds is 6. The number of anilines is 2. The maximum Gasteiger partial charge on any atom is 0.188 e. The summed E-state index contributed by atoms with van der Waals surface area (Å²) in [5.41, 5.74) is 4.52. The van der Waals surface area contributed by atoms with Gasteiger partial charge in [-0.15, -0.1) is 11.3 Å². The number of aryl methyl sites for hydroxylation is 3. The molecule has 0 unspecified atom stereocenters. The van der Waals surface area contributed by atoms with E-state index in [0.717, 1.165) is 52.6 Å². The van der Waals surface area contributed by atoms with Crippen LogP contribution in [0.3, 0.4) is 0 Å². The first-order valence-electron chi connectivity index (χ1n) is 10.8. The summed E-state index contributed by atoms with van der Waals surface area (Å²) < 4.78 is 0. The Bertz CT molecular complexity index is 990. The van der Waals surface area contributed by atoms with E-state index in [-0.39, 0.29) is 0 Å². The highest BCUT2D eigenvalue weighted by Gasteiger charge is 2.19. The fourth-order valence-electron chi connectivity index (χ4n) is 4.00. The minimum absolute atomic E-state index is 0.780. The number of thiazole rings is 1. The van der Waals surface area contributed by atoms with Gasteiger partial charge < -0.3 is 5.32 Å². The molecule has 0 saturated carbocycles. The van der Waals surface area contributed by atoms with Crippen LogP contribution in [-0.4, -0.2) is 32.9 Å². The van der Waals surface area contributed by atoms with E-state index in [9.17, 15) is 0 Å². The molecule has 1 fully saturated rings. The minimum atomic E-state index is 0.780. The average Bonchev–Trinajstić information content (AvgIpc) is 3.06. The SMILES string of the molecule is Cc1nc(C)c(Cc2ccccc2)c(Nc2nc(C)c(CN3CCC(C)CC3)s2)n1. The zero-order valence-corrected chi connectivity index (χ0v) is 19.2. The number of hydrogen-bond acceptors (Lipinski definition) is 6. The Labute approximate surface area is 183 Å². The van der Waals surface area contributed by atoms with Crippen molar-refractivity contribution in [1.29, 1.82) is 0 Å². The van der Waals surface area contributed by atoms with Gasteiger partial charge in [0.05, 0.1) is 5.69 Å². The number of nitrogens with zero attached hydrogens (tertiary/aromatic N) is 4. The zero-order valence-electron chi connectivity index (χ0n) is 18.4. The molecule has 0 aliphatic carbocycles. The Balaban J connectivity index is 1.54. The number of hydrogen-bond donors (Lipinski definition) is 1. The summed E-state index contributed by atoms with van der Waals surface area (Å²) in [6, 6.07) is 10.5. The standard InChI is InChI=1S/C24H31N5S/c1-16-10-12-29(13-11-16)15-22-18(3)26-24(30-22)28-23-21(17(2)25-19(4)27-23)14-20-8-6-5-7-9-20/h5-9,16H,10-15H2,1-4H3,(H,25,26,27,28). The normalized spacial score (nSPS) is 15.5. The molecule has 3 heterocycles. The molecule has 5 nitrogen and oxygen atoms in total. The van der Waals surface area contributed by atoms with Crippen LogP contribution < -0.4 is 5.32 Å². The third kappa shape index (κ3) is 5.05. The van der Waals surface area contributed by atoms with E-state index >= 15 is 0 Å². The molecule has 2 aromatic heterocycles. The van der Waals surface area contributed by atoms with Crippen molar-refractivity contribution in [2.24, 2.45) is 5.92 Å². The first-order valence-corrected chi connectivity index (χ1v) is 11.6. The molecule has 0 bridgehead atoms. The number of aromatic nitrogens is 3. The second-order valence-corrected chi connectivity index (χ2v) is 9.54. The van der Waals surface area contributed by atoms with Gasteiger partial charge in [-0.05, 0) is 58.2 Å². The number of nitrogens with one attached hydrogen (secondary N) is 1. The topological polar surface area (TPSA) is 53.9 Å². The Morgan fingerprint density at radius 3 is 2.47 bits per heavy atom. The van der Waals surface area contributed by atoms with Crippen LogP contribution in [0, 0.1) is 26.7 Å². The van der Waals surface area contributed by atoms with Crippen LogP contribution in [0.2, 0.25) is 0 Å². The molecule has 6 heteroatoms. The Hall–Kier alpha value is -2.31. The van der Waals surface area contributed by atoms with E-state index in [1.165, 1.54) is 36.4 Å². The van der Waals surface area contributed by atoms with Gasteiger partial charge in [-0.2, -0.15) is 0 Å². The monoisotopic (exact) mass is 421 g/mol. The second kappa shape index (κ2) is 9.23. The summed E-state index contributed by atoms with van der Waals surface area (Å²) in [7, 11) is 0. The third-order valence-electron chi connectivity index (χ3n) is 5.91. The molecule has 4 rings (SSSR count). The van der Waals surface area contributed by atoms with Gasteiger partial charge in [0.2, 0.25) is 0 Å². The summed E-state index contributed by atoms with van der Waals surface area (Å²) in [5, 5.41) is 4.43. The molecule has 0 radical (unpaired) electrons. The van der Waals surface area contributed by atoms with Gasteiger partial charge in [0.25, 0.3) is 0 Å². The van der Waals surface area contributed by atoms with E-state index in [4.69, 9.17) is 9.97 Å². The van der Waals surface area contributed by atoms with Gasteiger partial charge in [0, 0.05) is 29.1 Å². The lowest BCUT2D eigenvalue weighted by atomic mass is 9.99. The summed E-state index contributed by atoms with van der Waals surface area (Å²) in [6.45, 7) is 11.9. The molecule has 1 aromatic carbocycles. The first-order chi connectivity index (χ1) is 14.5. The van der Waals surface area contributed by atoms with E-state index in [1.54, 1.807) is 11.3 Å².